The van der Waals surface area contributed by atoms with E-state index in [9.17, 15) is 20.4 Å². The second-order valence-corrected chi connectivity index (χ2v) is 7.86. The normalized spacial score (nSPS) is 11.3. The molecule has 36 heavy (non-hydrogen) atoms. The van der Waals surface area contributed by atoms with Crippen LogP contribution in [0.5, 0.6) is 34.5 Å². The SMILES string of the molecule is COc1cc(/C=C/c2ccnc(-c3cc(/C=C/c4cc(O)c(O)c(OC)c4)cc[nH+]3)c2)cc(O)c1O. The van der Waals surface area contributed by atoms with Crippen molar-refractivity contribution in [3.63, 3.8) is 0 Å². The molecule has 2 heterocycles. The van der Waals surface area contributed by atoms with Gasteiger partial charge in [-0.25, -0.2) is 9.97 Å². The molecule has 0 radical (unpaired) electrons. The molecule has 0 amide bonds. The van der Waals surface area contributed by atoms with Gasteiger partial charge in [0.2, 0.25) is 17.2 Å². The van der Waals surface area contributed by atoms with E-state index in [0.717, 1.165) is 22.5 Å². The largest absolute Gasteiger partial charge is 0.504 e. The molecular weight excluding hydrogens is 460 g/mol. The zero-order valence-corrected chi connectivity index (χ0v) is 19.6. The minimum absolute atomic E-state index is 0.186. The van der Waals surface area contributed by atoms with Crippen LogP contribution in [0.2, 0.25) is 0 Å². The lowest BCUT2D eigenvalue weighted by Crippen LogP contribution is -2.06. The van der Waals surface area contributed by atoms with Gasteiger partial charge in [-0.05, 0) is 58.7 Å². The number of phenols is 4. The summed E-state index contributed by atoms with van der Waals surface area (Å²) in [5.74, 6) is -0.743. The maximum absolute atomic E-state index is 9.88. The number of hydrogen-bond donors (Lipinski definition) is 4. The number of aromatic nitrogens is 2. The van der Waals surface area contributed by atoms with E-state index >= 15 is 0 Å². The van der Waals surface area contributed by atoms with E-state index in [2.05, 4.69) is 9.97 Å². The zero-order valence-electron chi connectivity index (χ0n) is 19.6. The van der Waals surface area contributed by atoms with E-state index in [0.29, 0.717) is 11.1 Å². The van der Waals surface area contributed by atoms with Crippen molar-refractivity contribution in [2.24, 2.45) is 0 Å². The number of aromatic hydroxyl groups is 4. The van der Waals surface area contributed by atoms with Crippen molar-refractivity contribution in [1.82, 2.24) is 4.98 Å². The lowest BCUT2D eigenvalue weighted by atomic mass is 10.1. The standard InChI is InChI=1S/C28H24N2O6/c1-35-25-15-19(13-23(31)27(25)33)5-3-17-7-9-29-21(11-17)22-12-18(8-10-30-22)4-6-20-14-24(32)28(34)26(16-20)36-2/h3-16,31-34H,1-2H3/p+1/b5-3+,6-4+. The highest BCUT2D eigenvalue weighted by Gasteiger charge is 2.11. The van der Waals surface area contributed by atoms with Crippen LogP contribution in [-0.2, 0) is 0 Å². The molecule has 2 aromatic carbocycles. The average molecular weight is 486 g/mol. The summed E-state index contributed by atoms with van der Waals surface area (Å²) in [6.45, 7) is 0. The van der Waals surface area contributed by atoms with Crippen molar-refractivity contribution in [3.8, 4) is 45.9 Å². The first-order valence-electron chi connectivity index (χ1n) is 10.9. The first-order chi connectivity index (χ1) is 17.4. The highest BCUT2D eigenvalue weighted by Crippen LogP contribution is 2.37. The molecule has 0 unspecified atom stereocenters. The third kappa shape index (κ3) is 5.39. The Morgan fingerprint density at radius 3 is 1.75 bits per heavy atom. The van der Waals surface area contributed by atoms with E-state index in [-0.39, 0.29) is 34.5 Å². The minimum atomic E-state index is -0.299. The van der Waals surface area contributed by atoms with Crippen LogP contribution >= 0.6 is 0 Å². The Hall–Kier alpha value is -4.98. The van der Waals surface area contributed by atoms with Crippen molar-refractivity contribution >= 4 is 24.3 Å². The number of pyridine rings is 2. The van der Waals surface area contributed by atoms with Gasteiger partial charge in [-0.3, -0.25) is 0 Å². The number of aromatic amines is 1. The number of benzene rings is 2. The Kier molecular flexibility index (Phi) is 7.06. The Balaban J connectivity index is 1.57. The number of hydrogen-bond acceptors (Lipinski definition) is 7. The van der Waals surface area contributed by atoms with E-state index in [1.807, 2.05) is 36.4 Å². The molecule has 0 bridgehead atoms. The van der Waals surface area contributed by atoms with Crippen molar-refractivity contribution in [2.75, 3.05) is 14.2 Å². The second kappa shape index (κ2) is 10.5. The molecule has 0 fully saturated rings. The van der Waals surface area contributed by atoms with Gasteiger partial charge in [-0.15, -0.1) is 0 Å². The molecule has 4 aromatic rings. The summed E-state index contributed by atoms with van der Waals surface area (Å²) in [5.41, 5.74) is 4.62. The molecule has 4 rings (SSSR count). The molecule has 2 aromatic heterocycles. The number of rotatable bonds is 7. The highest BCUT2D eigenvalue weighted by molar-refractivity contribution is 5.75. The van der Waals surface area contributed by atoms with Gasteiger partial charge in [0, 0.05) is 18.3 Å². The summed E-state index contributed by atoms with van der Waals surface area (Å²) in [4.78, 5) is 7.66. The van der Waals surface area contributed by atoms with E-state index in [1.165, 1.54) is 26.4 Å². The average Bonchev–Trinajstić information content (AvgIpc) is 2.90. The van der Waals surface area contributed by atoms with Crippen molar-refractivity contribution in [3.05, 3.63) is 83.2 Å². The predicted octanol–water partition coefficient (Wildman–Crippen LogP) is 4.74. The van der Waals surface area contributed by atoms with Crippen LogP contribution in [0.15, 0.2) is 60.9 Å². The maximum atomic E-state index is 9.88. The summed E-state index contributed by atoms with van der Waals surface area (Å²) < 4.78 is 10.2. The summed E-state index contributed by atoms with van der Waals surface area (Å²) in [6.07, 6.45) is 10.8. The topological polar surface area (TPSA) is 126 Å². The van der Waals surface area contributed by atoms with Crippen molar-refractivity contribution < 1.29 is 34.9 Å². The number of ether oxygens (including phenoxy) is 2. The number of nitrogens with zero attached hydrogens (tertiary/aromatic N) is 1. The number of H-pyrrole nitrogens is 1. The molecule has 0 saturated heterocycles. The molecule has 0 saturated carbocycles. The minimum Gasteiger partial charge on any atom is -0.504 e. The van der Waals surface area contributed by atoms with Gasteiger partial charge in [-0.1, -0.05) is 24.3 Å². The smallest absolute Gasteiger partial charge is 0.230 e. The van der Waals surface area contributed by atoms with Gasteiger partial charge < -0.3 is 29.9 Å². The number of phenolic OH excluding ortho intramolecular Hbond substituents is 4. The maximum Gasteiger partial charge on any atom is 0.230 e. The van der Waals surface area contributed by atoms with Gasteiger partial charge in [0.25, 0.3) is 0 Å². The Bertz CT molecular complexity index is 1350. The Labute approximate surface area is 207 Å². The van der Waals surface area contributed by atoms with Gasteiger partial charge in [0.1, 0.15) is 5.69 Å². The van der Waals surface area contributed by atoms with Crippen LogP contribution in [0.3, 0.4) is 0 Å². The van der Waals surface area contributed by atoms with Crippen LogP contribution in [0, 0.1) is 0 Å². The van der Waals surface area contributed by atoms with Gasteiger partial charge in [0.05, 0.1) is 14.2 Å². The molecule has 0 atom stereocenters. The highest BCUT2D eigenvalue weighted by atomic mass is 16.5. The van der Waals surface area contributed by atoms with Crippen LogP contribution < -0.4 is 14.5 Å². The molecule has 0 aliphatic heterocycles. The van der Waals surface area contributed by atoms with Crippen molar-refractivity contribution in [2.45, 2.75) is 0 Å². The van der Waals surface area contributed by atoms with Crippen LogP contribution in [0.1, 0.15) is 22.3 Å². The van der Waals surface area contributed by atoms with Gasteiger partial charge in [-0.2, -0.15) is 0 Å². The van der Waals surface area contributed by atoms with Gasteiger partial charge in [0.15, 0.2) is 29.2 Å². The molecular formula is C28H25N2O6+. The number of nitrogens with one attached hydrogen (secondary N) is 1. The molecule has 5 N–H and O–H groups in total. The summed E-state index contributed by atoms with van der Waals surface area (Å²) in [7, 11) is 2.84. The van der Waals surface area contributed by atoms with E-state index in [4.69, 9.17) is 9.47 Å². The third-order valence-corrected chi connectivity index (χ3v) is 5.42. The van der Waals surface area contributed by atoms with Crippen molar-refractivity contribution in [1.29, 1.82) is 0 Å². The quantitative estimate of drug-likeness (QED) is 0.279. The first-order valence-corrected chi connectivity index (χ1v) is 10.9. The fourth-order valence-corrected chi connectivity index (χ4v) is 3.55. The predicted molar refractivity (Wildman–Crippen MR) is 137 cm³/mol. The number of methoxy groups -OCH3 is 2. The second-order valence-electron chi connectivity index (χ2n) is 7.86. The van der Waals surface area contributed by atoms with Crippen LogP contribution in [0.25, 0.3) is 35.7 Å². The molecule has 8 heteroatoms. The van der Waals surface area contributed by atoms with Gasteiger partial charge >= 0.3 is 0 Å². The summed E-state index contributed by atoms with van der Waals surface area (Å²) in [5, 5.41) is 39.4. The fourth-order valence-electron chi connectivity index (χ4n) is 3.55. The lowest BCUT2D eigenvalue weighted by molar-refractivity contribution is -0.364. The molecule has 8 nitrogen and oxygen atoms in total. The third-order valence-electron chi connectivity index (χ3n) is 5.42. The summed E-state index contributed by atoms with van der Waals surface area (Å²) in [6, 6.07) is 13.7. The molecule has 0 aliphatic carbocycles. The summed E-state index contributed by atoms with van der Waals surface area (Å²) >= 11 is 0. The first kappa shape index (κ1) is 24.2. The van der Waals surface area contributed by atoms with Crippen LogP contribution in [-0.4, -0.2) is 39.6 Å². The molecule has 0 spiro atoms. The Morgan fingerprint density at radius 2 is 1.19 bits per heavy atom. The van der Waals surface area contributed by atoms with E-state index < -0.39 is 0 Å². The fraction of sp³-hybridized carbons (Fsp3) is 0.0714. The monoisotopic (exact) mass is 485 g/mol. The van der Waals surface area contributed by atoms with Crippen LogP contribution in [0.4, 0.5) is 0 Å². The molecule has 182 valence electrons. The lowest BCUT2D eigenvalue weighted by Gasteiger charge is -2.06. The Morgan fingerprint density at radius 1 is 0.667 bits per heavy atom. The molecule has 0 aliphatic rings. The zero-order chi connectivity index (χ0) is 25.7. The van der Waals surface area contributed by atoms with E-state index in [1.54, 1.807) is 36.7 Å².